The predicted octanol–water partition coefficient (Wildman–Crippen LogP) is 2.29. The number of likely N-dealkylation sites (N-methyl/N-ethyl adjacent to an activating group) is 1. The number of carbonyl (C=O) groups is 1. The van der Waals surface area contributed by atoms with E-state index in [1.807, 2.05) is 31.3 Å². The van der Waals surface area contributed by atoms with Crippen LogP contribution in [0.2, 0.25) is 0 Å². The fraction of sp³-hybridized carbons (Fsp3) is 0.375. The average Bonchev–Trinajstić information content (AvgIpc) is 2.93. The highest BCUT2D eigenvalue weighted by Crippen LogP contribution is 2.15. The summed E-state index contributed by atoms with van der Waals surface area (Å²) in [7, 11) is 1.92. The number of rotatable bonds is 7. The maximum absolute atomic E-state index is 12.7. The van der Waals surface area contributed by atoms with Crippen LogP contribution in [0.3, 0.4) is 0 Å². The van der Waals surface area contributed by atoms with Crippen molar-refractivity contribution in [2.45, 2.75) is 26.3 Å². The zero-order valence-electron chi connectivity index (χ0n) is 12.1. The second kappa shape index (κ2) is 7.01. The van der Waals surface area contributed by atoms with Crippen molar-refractivity contribution in [1.29, 1.82) is 0 Å². The number of hydrogen-bond acceptors (Lipinski definition) is 3. The second-order valence-corrected chi connectivity index (χ2v) is 4.78. The van der Waals surface area contributed by atoms with Crippen LogP contribution in [0.15, 0.2) is 36.5 Å². The third-order valence-corrected chi connectivity index (χ3v) is 3.29. The summed E-state index contributed by atoms with van der Waals surface area (Å²) in [6.07, 6.45) is 3.50. The standard InChI is InChI=1S/C16H21N3O/c1-3-12-19-15(9-11-18-19)16(20)14-7-5-4-6-13(14)8-10-17-2/h4-7,9,11,17H,3,8,10,12H2,1-2H3. The van der Waals surface area contributed by atoms with E-state index < -0.39 is 0 Å². The first-order chi connectivity index (χ1) is 9.77. The van der Waals surface area contributed by atoms with E-state index in [-0.39, 0.29) is 5.78 Å². The van der Waals surface area contributed by atoms with Gasteiger partial charge in [-0.25, -0.2) is 0 Å². The molecule has 0 unspecified atom stereocenters. The Morgan fingerprint density at radius 3 is 2.85 bits per heavy atom. The predicted molar refractivity (Wildman–Crippen MR) is 80.0 cm³/mol. The van der Waals surface area contributed by atoms with E-state index >= 15 is 0 Å². The molecule has 106 valence electrons. The summed E-state index contributed by atoms with van der Waals surface area (Å²) >= 11 is 0. The maximum atomic E-state index is 12.7. The molecule has 0 aliphatic heterocycles. The summed E-state index contributed by atoms with van der Waals surface area (Å²) in [6.45, 7) is 3.71. The van der Waals surface area contributed by atoms with Gasteiger partial charge in [-0.05, 0) is 38.1 Å². The molecule has 4 heteroatoms. The highest BCUT2D eigenvalue weighted by atomic mass is 16.1. The summed E-state index contributed by atoms with van der Waals surface area (Å²) in [5.41, 5.74) is 2.53. The van der Waals surface area contributed by atoms with Crippen LogP contribution in [0.25, 0.3) is 0 Å². The monoisotopic (exact) mass is 271 g/mol. The molecule has 0 saturated heterocycles. The van der Waals surface area contributed by atoms with Crippen molar-refractivity contribution in [2.24, 2.45) is 0 Å². The molecule has 0 saturated carbocycles. The molecular weight excluding hydrogens is 250 g/mol. The van der Waals surface area contributed by atoms with Crippen LogP contribution < -0.4 is 5.32 Å². The first kappa shape index (κ1) is 14.5. The third kappa shape index (κ3) is 3.14. The molecule has 0 atom stereocenters. The summed E-state index contributed by atoms with van der Waals surface area (Å²) in [5.74, 6) is 0.0580. The molecule has 4 nitrogen and oxygen atoms in total. The van der Waals surface area contributed by atoms with Gasteiger partial charge in [0.2, 0.25) is 5.78 Å². The summed E-state index contributed by atoms with van der Waals surface area (Å²) < 4.78 is 1.79. The topological polar surface area (TPSA) is 46.9 Å². The van der Waals surface area contributed by atoms with Crippen LogP contribution in [0, 0.1) is 0 Å². The largest absolute Gasteiger partial charge is 0.319 e. The van der Waals surface area contributed by atoms with Gasteiger partial charge in [-0.1, -0.05) is 31.2 Å². The van der Waals surface area contributed by atoms with E-state index in [9.17, 15) is 4.79 Å². The molecule has 0 aliphatic rings. The smallest absolute Gasteiger partial charge is 0.211 e. The normalized spacial score (nSPS) is 10.7. The molecule has 1 N–H and O–H groups in total. The Labute approximate surface area is 119 Å². The van der Waals surface area contributed by atoms with Gasteiger partial charge in [0.15, 0.2) is 0 Å². The second-order valence-electron chi connectivity index (χ2n) is 4.78. The first-order valence-corrected chi connectivity index (χ1v) is 7.07. The number of carbonyl (C=O) groups excluding carboxylic acids is 1. The molecule has 20 heavy (non-hydrogen) atoms. The van der Waals surface area contributed by atoms with Crippen LogP contribution in [0.4, 0.5) is 0 Å². The lowest BCUT2D eigenvalue weighted by molar-refractivity contribution is 0.102. The Kier molecular flexibility index (Phi) is 5.07. The van der Waals surface area contributed by atoms with Crippen LogP contribution in [0.1, 0.15) is 35.0 Å². The van der Waals surface area contributed by atoms with Gasteiger partial charge < -0.3 is 5.32 Å². The number of benzene rings is 1. The van der Waals surface area contributed by atoms with E-state index in [2.05, 4.69) is 17.3 Å². The van der Waals surface area contributed by atoms with Crippen molar-refractivity contribution in [3.05, 3.63) is 53.3 Å². The summed E-state index contributed by atoms with van der Waals surface area (Å²) in [5, 5.41) is 7.35. The van der Waals surface area contributed by atoms with Gasteiger partial charge in [0.25, 0.3) is 0 Å². The van der Waals surface area contributed by atoms with E-state index in [1.165, 1.54) is 0 Å². The lowest BCUT2D eigenvalue weighted by Crippen LogP contribution is -2.16. The van der Waals surface area contributed by atoms with Gasteiger partial charge in [0, 0.05) is 18.3 Å². The van der Waals surface area contributed by atoms with Crippen LogP contribution in [-0.4, -0.2) is 29.2 Å². The first-order valence-electron chi connectivity index (χ1n) is 7.07. The van der Waals surface area contributed by atoms with Crippen molar-refractivity contribution in [1.82, 2.24) is 15.1 Å². The quantitative estimate of drug-likeness (QED) is 0.786. The lowest BCUT2D eigenvalue weighted by Gasteiger charge is -2.10. The number of ketones is 1. The number of aromatic nitrogens is 2. The molecule has 2 aromatic rings. The van der Waals surface area contributed by atoms with Crippen molar-refractivity contribution in [3.8, 4) is 0 Å². The molecule has 0 fully saturated rings. The van der Waals surface area contributed by atoms with E-state index in [4.69, 9.17) is 0 Å². The SMILES string of the molecule is CCCn1nccc1C(=O)c1ccccc1CCNC. The van der Waals surface area contributed by atoms with Crippen molar-refractivity contribution in [3.63, 3.8) is 0 Å². The Morgan fingerprint density at radius 1 is 1.30 bits per heavy atom. The van der Waals surface area contributed by atoms with Gasteiger partial charge in [0.05, 0.1) is 0 Å². The van der Waals surface area contributed by atoms with Gasteiger partial charge in [0.1, 0.15) is 5.69 Å². The minimum Gasteiger partial charge on any atom is -0.319 e. The third-order valence-electron chi connectivity index (χ3n) is 3.29. The molecule has 1 aromatic carbocycles. The fourth-order valence-corrected chi connectivity index (χ4v) is 2.27. The van der Waals surface area contributed by atoms with E-state index in [1.54, 1.807) is 16.9 Å². The molecule has 1 heterocycles. The van der Waals surface area contributed by atoms with Crippen molar-refractivity contribution >= 4 is 5.78 Å². The highest BCUT2D eigenvalue weighted by molar-refractivity contribution is 6.08. The molecule has 1 aromatic heterocycles. The molecular formula is C16H21N3O. The molecule has 0 bridgehead atoms. The van der Waals surface area contributed by atoms with Crippen molar-refractivity contribution in [2.75, 3.05) is 13.6 Å². The van der Waals surface area contributed by atoms with Gasteiger partial charge in [-0.2, -0.15) is 5.10 Å². The molecule has 0 amide bonds. The van der Waals surface area contributed by atoms with Crippen LogP contribution >= 0.6 is 0 Å². The average molecular weight is 271 g/mol. The lowest BCUT2D eigenvalue weighted by atomic mass is 9.99. The van der Waals surface area contributed by atoms with E-state index in [0.717, 1.165) is 37.1 Å². The number of nitrogens with one attached hydrogen (secondary N) is 1. The molecule has 0 aliphatic carbocycles. The van der Waals surface area contributed by atoms with Crippen molar-refractivity contribution < 1.29 is 4.79 Å². The Bertz CT molecular complexity index is 575. The Balaban J connectivity index is 2.30. The zero-order valence-corrected chi connectivity index (χ0v) is 12.1. The van der Waals surface area contributed by atoms with Gasteiger partial charge in [-0.15, -0.1) is 0 Å². The maximum Gasteiger partial charge on any atom is 0.211 e. The fourth-order valence-electron chi connectivity index (χ4n) is 2.27. The Hall–Kier alpha value is -1.94. The molecule has 2 rings (SSSR count). The number of aryl methyl sites for hydroxylation is 1. The highest BCUT2D eigenvalue weighted by Gasteiger charge is 2.16. The Morgan fingerprint density at radius 2 is 2.10 bits per heavy atom. The molecule has 0 radical (unpaired) electrons. The van der Waals surface area contributed by atoms with Gasteiger partial charge in [-0.3, -0.25) is 9.48 Å². The summed E-state index contributed by atoms with van der Waals surface area (Å²) in [6, 6.07) is 9.61. The number of nitrogens with zero attached hydrogens (tertiary/aromatic N) is 2. The summed E-state index contributed by atoms with van der Waals surface area (Å²) in [4.78, 5) is 12.7. The van der Waals surface area contributed by atoms with Crippen LogP contribution in [-0.2, 0) is 13.0 Å². The van der Waals surface area contributed by atoms with E-state index in [0.29, 0.717) is 5.69 Å². The van der Waals surface area contributed by atoms with Gasteiger partial charge >= 0.3 is 0 Å². The zero-order chi connectivity index (χ0) is 14.4. The van der Waals surface area contributed by atoms with Crippen LogP contribution in [0.5, 0.6) is 0 Å². The molecule has 0 spiro atoms. The number of hydrogen-bond donors (Lipinski definition) is 1. The minimum atomic E-state index is 0.0580. The minimum absolute atomic E-state index is 0.0580.